The molecule has 7 N–H and O–H groups in total. The fourth-order valence-electron chi connectivity index (χ4n) is 4.49. The number of nitrogens with one attached hydrogen (secondary N) is 2. The number of carbonyl (C=O) groups is 7. The molecule has 17 nitrogen and oxygen atoms in total. The van der Waals surface area contributed by atoms with Gasteiger partial charge in [0, 0.05) is 71.7 Å². The Labute approximate surface area is 250 Å². The number of nitrogens with zero attached hydrogens (tertiary/aromatic N) is 4. The molecule has 1 fully saturated rings. The molecule has 0 unspecified atom stereocenters. The third kappa shape index (κ3) is 18.5. The van der Waals surface area contributed by atoms with E-state index in [4.69, 9.17) is 5.73 Å². The van der Waals surface area contributed by atoms with Crippen LogP contribution in [0.3, 0.4) is 0 Å². The zero-order valence-electron chi connectivity index (χ0n) is 24.4. The number of carboxylic acid groups (broad SMARTS) is 3. The average Bonchev–Trinajstić information content (AvgIpc) is 2.91. The van der Waals surface area contributed by atoms with Gasteiger partial charge in [0.15, 0.2) is 0 Å². The highest BCUT2D eigenvalue weighted by atomic mass is 16.4. The minimum atomic E-state index is -1.04. The highest BCUT2D eigenvalue weighted by Crippen LogP contribution is 2.03. The molecule has 3 amide bonds. The van der Waals surface area contributed by atoms with Crippen LogP contribution in [0.25, 0.3) is 0 Å². The summed E-state index contributed by atoms with van der Waals surface area (Å²) in [6, 6.07) is -0.879. The van der Waals surface area contributed by atoms with Crippen LogP contribution in [-0.2, 0) is 33.6 Å². The lowest BCUT2D eigenvalue weighted by atomic mass is 10.1. The molecule has 0 spiro atoms. The van der Waals surface area contributed by atoms with Crippen molar-refractivity contribution in [3.05, 3.63) is 0 Å². The molecule has 1 aliphatic rings. The van der Waals surface area contributed by atoms with Gasteiger partial charge in [-0.1, -0.05) is 0 Å². The summed E-state index contributed by atoms with van der Waals surface area (Å²) in [5, 5.41) is 33.2. The van der Waals surface area contributed by atoms with Crippen molar-refractivity contribution in [2.75, 3.05) is 85.1 Å². The van der Waals surface area contributed by atoms with Crippen molar-refractivity contribution in [2.45, 2.75) is 38.1 Å². The minimum Gasteiger partial charge on any atom is -0.480 e. The van der Waals surface area contributed by atoms with Gasteiger partial charge in [-0.05, 0) is 19.3 Å². The van der Waals surface area contributed by atoms with Crippen LogP contribution in [0.2, 0.25) is 0 Å². The summed E-state index contributed by atoms with van der Waals surface area (Å²) < 4.78 is 0. The number of carboxylic acids is 3. The number of amides is 3. The monoisotopic (exact) mass is 615 g/mol. The van der Waals surface area contributed by atoms with Crippen molar-refractivity contribution < 1.29 is 48.9 Å². The van der Waals surface area contributed by atoms with E-state index in [2.05, 4.69) is 10.6 Å². The Morgan fingerprint density at radius 3 is 1.47 bits per heavy atom. The van der Waals surface area contributed by atoms with Crippen LogP contribution in [-0.4, -0.2) is 168 Å². The highest BCUT2D eigenvalue weighted by molar-refractivity contribution is 5.87. The van der Waals surface area contributed by atoms with Gasteiger partial charge in [0.25, 0.3) is 0 Å². The summed E-state index contributed by atoms with van der Waals surface area (Å²) in [7, 11) is 0. The van der Waals surface area contributed by atoms with E-state index in [9.17, 15) is 48.9 Å². The molecule has 1 rings (SSSR count). The van der Waals surface area contributed by atoms with Crippen LogP contribution in [0.5, 0.6) is 0 Å². The van der Waals surface area contributed by atoms with Crippen LogP contribution >= 0.6 is 0 Å². The van der Waals surface area contributed by atoms with E-state index in [1.54, 1.807) is 14.7 Å². The zero-order valence-corrected chi connectivity index (χ0v) is 24.4. The third-order valence-corrected chi connectivity index (χ3v) is 6.78. The normalized spacial score (nSPS) is 17.1. The second kappa shape index (κ2) is 21.1. The lowest BCUT2D eigenvalue weighted by Gasteiger charge is -2.32. The summed E-state index contributed by atoms with van der Waals surface area (Å²) >= 11 is 0. The van der Waals surface area contributed by atoms with Gasteiger partial charge in [0.05, 0.1) is 26.2 Å². The summed E-state index contributed by atoms with van der Waals surface area (Å²) in [5.74, 6) is -4.54. The second-order valence-corrected chi connectivity index (χ2v) is 10.4. The number of nitrogens with two attached hydrogens (primary N) is 1. The molecule has 0 aliphatic carbocycles. The van der Waals surface area contributed by atoms with Gasteiger partial charge in [-0.3, -0.25) is 48.4 Å². The van der Waals surface area contributed by atoms with Crippen molar-refractivity contribution >= 4 is 41.9 Å². The standard InChI is InChI=1S/C26H45N7O10/c27-26(43)20(29-21(35)5-3-15-34)4-1-2-6-28-22(36)16-30-7-9-31(17-23(37)38)11-13-33(19-25(41)42)14-12-32(10-8-30)18-24(39)40/h15,20H,1-14,16-19H2,(H2,27,43)(H,28,36)(H,29,35)(H,37,38)(H,39,40)(H,41,42)/t20-/m0/s1. The van der Waals surface area contributed by atoms with Gasteiger partial charge in [-0.15, -0.1) is 0 Å². The molecule has 0 aromatic heterocycles. The van der Waals surface area contributed by atoms with Crippen LogP contribution < -0.4 is 16.4 Å². The molecule has 1 atom stereocenters. The van der Waals surface area contributed by atoms with E-state index < -0.39 is 35.8 Å². The molecule has 17 heteroatoms. The number of rotatable bonds is 18. The van der Waals surface area contributed by atoms with Gasteiger partial charge < -0.3 is 36.5 Å². The maximum atomic E-state index is 12.7. The average molecular weight is 616 g/mol. The van der Waals surface area contributed by atoms with Crippen molar-refractivity contribution in [1.82, 2.24) is 30.2 Å². The maximum Gasteiger partial charge on any atom is 0.317 e. The summed E-state index contributed by atoms with van der Waals surface area (Å²) in [6.07, 6.45) is 1.87. The Bertz CT molecular complexity index is 919. The van der Waals surface area contributed by atoms with E-state index in [0.29, 0.717) is 51.9 Å². The minimum absolute atomic E-state index is 0.0103. The van der Waals surface area contributed by atoms with Crippen LogP contribution in [0.4, 0.5) is 0 Å². The van der Waals surface area contributed by atoms with Gasteiger partial charge >= 0.3 is 17.9 Å². The van der Waals surface area contributed by atoms with Gasteiger partial charge in [0.1, 0.15) is 12.3 Å². The summed E-state index contributed by atoms with van der Waals surface area (Å²) in [5.41, 5.74) is 5.35. The molecule has 0 radical (unpaired) electrons. The predicted molar refractivity (Wildman–Crippen MR) is 152 cm³/mol. The maximum absolute atomic E-state index is 12.7. The number of carbonyl (C=O) groups excluding carboxylic acids is 4. The first-order valence-corrected chi connectivity index (χ1v) is 14.2. The van der Waals surface area contributed by atoms with Gasteiger partial charge in [-0.2, -0.15) is 0 Å². The fourth-order valence-corrected chi connectivity index (χ4v) is 4.49. The van der Waals surface area contributed by atoms with Crippen LogP contribution in [0.15, 0.2) is 0 Å². The van der Waals surface area contributed by atoms with E-state index in [0.717, 1.165) is 0 Å². The Kier molecular flexibility index (Phi) is 18.3. The molecule has 1 aliphatic heterocycles. The van der Waals surface area contributed by atoms with Crippen molar-refractivity contribution in [3.8, 4) is 0 Å². The molecule has 0 bridgehead atoms. The number of aliphatic carboxylic acids is 3. The molecule has 1 saturated heterocycles. The van der Waals surface area contributed by atoms with E-state index >= 15 is 0 Å². The van der Waals surface area contributed by atoms with E-state index in [1.165, 1.54) is 0 Å². The lowest BCUT2D eigenvalue weighted by Crippen LogP contribution is -2.49. The first-order chi connectivity index (χ1) is 20.4. The molecule has 43 heavy (non-hydrogen) atoms. The molecule has 244 valence electrons. The first kappa shape index (κ1) is 37.4. The number of hydrogen-bond acceptors (Lipinski definition) is 11. The molecule has 0 saturated carbocycles. The molecule has 0 aromatic rings. The highest BCUT2D eigenvalue weighted by Gasteiger charge is 2.21. The Morgan fingerprint density at radius 1 is 0.674 bits per heavy atom. The van der Waals surface area contributed by atoms with E-state index in [-0.39, 0.29) is 77.5 Å². The lowest BCUT2D eigenvalue weighted by molar-refractivity contribution is -0.140. The number of unbranched alkanes of at least 4 members (excludes halogenated alkanes) is 1. The van der Waals surface area contributed by atoms with Crippen LogP contribution in [0.1, 0.15) is 32.1 Å². The number of aldehydes is 1. The predicted octanol–water partition coefficient (Wildman–Crippen LogP) is -3.30. The smallest absolute Gasteiger partial charge is 0.317 e. The second-order valence-electron chi connectivity index (χ2n) is 10.4. The topological polar surface area (TPSA) is 243 Å². The molecule has 0 aromatic carbocycles. The Balaban J connectivity index is 2.71. The van der Waals surface area contributed by atoms with Gasteiger partial charge in [-0.25, -0.2) is 0 Å². The van der Waals surface area contributed by atoms with Crippen molar-refractivity contribution in [1.29, 1.82) is 0 Å². The fraction of sp³-hybridized carbons (Fsp3) is 0.731. The van der Waals surface area contributed by atoms with Crippen molar-refractivity contribution in [3.63, 3.8) is 0 Å². The molecular weight excluding hydrogens is 570 g/mol. The summed E-state index contributed by atoms with van der Waals surface area (Å²) in [4.78, 5) is 87.4. The Morgan fingerprint density at radius 2 is 1.09 bits per heavy atom. The zero-order chi connectivity index (χ0) is 32.2. The number of hydrogen-bond donors (Lipinski definition) is 6. The quantitative estimate of drug-likeness (QED) is 0.0654. The first-order valence-electron chi connectivity index (χ1n) is 14.2. The summed E-state index contributed by atoms with van der Waals surface area (Å²) in [6.45, 7) is 1.88. The molecular formula is C26H45N7O10. The number of primary amides is 1. The SMILES string of the molecule is NC(=O)[C@H](CCCCNC(=O)CN1CCN(CC(=O)O)CCN(CC(=O)O)CCN(CC(=O)O)CC1)NC(=O)CCC=O. The third-order valence-electron chi connectivity index (χ3n) is 6.78. The Hall–Kier alpha value is -3.67. The molecule has 1 heterocycles. The van der Waals surface area contributed by atoms with Crippen LogP contribution in [0, 0.1) is 0 Å². The van der Waals surface area contributed by atoms with E-state index in [1.807, 2.05) is 4.90 Å². The largest absolute Gasteiger partial charge is 0.480 e. The van der Waals surface area contributed by atoms with Crippen molar-refractivity contribution in [2.24, 2.45) is 5.73 Å². The van der Waals surface area contributed by atoms with Gasteiger partial charge in [0.2, 0.25) is 17.7 Å².